The van der Waals surface area contributed by atoms with Crippen LogP contribution >= 0.6 is 11.6 Å². The molecule has 96 valence electrons. The number of hydrogen-bond donors (Lipinski definition) is 1. The lowest BCUT2D eigenvalue weighted by Crippen LogP contribution is -2.28. The highest BCUT2D eigenvalue weighted by molar-refractivity contribution is 6.31. The monoisotopic (exact) mass is 273 g/mol. The van der Waals surface area contributed by atoms with E-state index in [1.165, 1.54) is 36.4 Å². The van der Waals surface area contributed by atoms with Crippen LogP contribution in [-0.2, 0) is 14.6 Å². The van der Waals surface area contributed by atoms with Gasteiger partial charge < -0.3 is 10.6 Å². The van der Waals surface area contributed by atoms with E-state index in [0.717, 1.165) is 5.23 Å². The molecule has 1 aliphatic heterocycles. The van der Waals surface area contributed by atoms with E-state index in [2.05, 4.69) is 4.84 Å². The van der Waals surface area contributed by atoms with Gasteiger partial charge in [-0.2, -0.15) is 5.06 Å². The number of halogens is 2. The van der Waals surface area contributed by atoms with E-state index in [-0.39, 0.29) is 10.8 Å². The Labute approximate surface area is 107 Å². The van der Waals surface area contributed by atoms with E-state index in [9.17, 15) is 9.18 Å². The molecule has 1 aromatic rings. The number of nitrogens with two attached hydrogens (primary N) is 1. The first-order valence-electron chi connectivity index (χ1n) is 4.85. The molecular formula is C10H9ClFN3O3. The van der Waals surface area contributed by atoms with Crippen LogP contribution in [-0.4, -0.2) is 11.2 Å². The molecule has 1 heterocycles. The van der Waals surface area contributed by atoms with E-state index in [4.69, 9.17) is 22.3 Å². The van der Waals surface area contributed by atoms with Gasteiger partial charge in [-0.25, -0.2) is 9.18 Å². The maximum Gasteiger partial charge on any atom is 0.332 e. The lowest BCUT2D eigenvalue weighted by atomic mass is 10.3. The van der Waals surface area contributed by atoms with Crippen molar-refractivity contribution in [2.75, 3.05) is 5.06 Å². The lowest BCUT2D eigenvalue weighted by Gasteiger charge is -2.18. The van der Waals surface area contributed by atoms with Gasteiger partial charge in [0.25, 0.3) is 0 Å². The predicted octanol–water partition coefficient (Wildman–Crippen LogP) is 1.68. The first-order valence-corrected chi connectivity index (χ1v) is 5.23. The average molecular weight is 274 g/mol. The van der Waals surface area contributed by atoms with E-state index >= 15 is 0 Å². The highest BCUT2D eigenvalue weighted by Crippen LogP contribution is 2.27. The van der Waals surface area contributed by atoms with Crippen LogP contribution in [0.3, 0.4) is 0 Å². The summed E-state index contributed by atoms with van der Waals surface area (Å²) < 4.78 is 13.0. The van der Waals surface area contributed by atoms with Crippen molar-refractivity contribution in [3.8, 4) is 0 Å². The standard InChI is InChI=1S/C10H9ClFN3O3/c1-6(16)17-15-10(13)5-14(18-15)7-2-3-9(12)8(11)4-7/h2-5H,13H2,1H3. The van der Waals surface area contributed by atoms with Gasteiger partial charge in [0.2, 0.25) is 0 Å². The number of anilines is 1. The van der Waals surface area contributed by atoms with Crippen molar-refractivity contribution in [3.05, 3.63) is 41.1 Å². The average Bonchev–Trinajstić information content (AvgIpc) is 2.63. The van der Waals surface area contributed by atoms with Crippen molar-refractivity contribution in [3.63, 3.8) is 0 Å². The van der Waals surface area contributed by atoms with Gasteiger partial charge in [-0.05, 0) is 23.4 Å². The van der Waals surface area contributed by atoms with Crippen LogP contribution in [0.25, 0.3) is 0 Å². The molecular weight excluding hydrogens is 265 g/mol. The van der Waals surface area contributed by atoms with Gasteiger partial charge >= 0.3 is 5.97 Å². The molecule has 0 aliphatic carbocycles. The predicted molar refractivity (Wildman–Crippen MR) is 60.8 cm³/mol. The second-order valence-corrected chi connectivity index (χ2v) is 3.81. The minimum absolute atomic E-state index is 0.0608. The highest BCUT2D eigenvalue weighted by atomic mass is 35.5. The molecule has 0 saturated heterocycles. The number of nitrogens with zero attached hydrogens (tertiary/aromatic N) is 2. The number of carbonyl (C=O) groups excluding carboxylic acids is 1. The van der Waals surface area contributed by atoms with Crippen LogP contribution in [0.5, 0.6) is 0 Å². The summed E-state index contributed by atoms with van der Waals surface area (Å²) in [5.74, 6) is -1.08. The molecule has 0 radical (unpaired) electrons. The van der Waals surface area contributed by atoms with Crippen LogP contribution in [0.4, 0.5) is 10.1 Å². The normalized spacial score (nSPS) is 14.7. The second kappa shape index (κ2) is 4.71. The van der Waals surface area contributed by atoms with Gasteiger partial charge in [-0.1, -0.05) is 11.6 Å². The Morgan fingerprint density at radius 2 is 2.28 bits per heavy atom. The van der Waals surface area contributed by atoms with Gasteiger partial charge in [0.05, 0.1) is 16.9 Å². The molecule has 0 unspecified atom stereocenters. The third-order valence-corrected chi connectivity index (χ3v) is 2.28. The summed E-state index contributed by atoms with van der Waals surface area (Å²) in [6.07, 6.45) is 1.35. The summed E-state index contributed by atoms with van der Waals surface area (Å²) in [4.78, 5) is 20.5. The van der Waals surface area contributed by atoms with Gasteiger partial charge in [0, 0.05) is 6.92 Å². The zero-order valence-corrected chi connectivity index (χ0v) is 10.0. The zero-order chi connectivity index (χ0) is 13.3. The molecule has 1 aliphatic rings. The molecule has 0 spiro atoms. The Hall–Kier alpha value is -1.99. The fraction of sp³-hybridized carbons (Fsp3) is 0.100. The molecule has 0 aromatic heterocycles. The summed E-state index contributed by atoms with van der Waals surface area (Å²) in [5.41, 5.74) is 5.99. The molecule has 0 amide bonds. The molecule has 2 rings (SSSR count). The van der Waals surface area contributed by atoms with Crippen molar-refractivity contribution >= 4 is 23.3 Å². The third kappa shape index (κ3) is 2.47. The summed E-state index contributed by atoms with van der Waals surface area (Å²) >= 11 is 5.64. The topological polar surface area (TPSA) is 68.0 Å². The van der Waals surface area contributed by atoms with Gasteiger partial charge in [0.1, 0.15) is 5.82 Å². The maximum absolute atomic E-state index is 13.0. The number of benzene rings is 1. The van der Waals surface area contributed by atoms with Crippen LogP contribution < -0.4 is 10.8 Å². The van der Waals surface area contributed by atoms with E-state index in [1.54, 1.807) is 0 Å². The molecule has 0 fully saturated rings. The highest BCUT2D eigenvalue weighted by Gasteiger charge is 2.25. The summed E-state index contributed by atoms with van der Waals surface area (Å²) in [5, 5.41) is 1.86. The molecule has 6 nitrogen and oxygen atoms in total. The lowest BCUT2D eigenvalue weighted by molar-refractivity contribution is -0.313. The smallest absolute Gasteiger partial charge is 0.332 e. The van der Waals surface area contributed by atoms with Crippen molar-refractivity contribution in [2.45, 2.75) is 6.92 Å². The van der Waals surface area contributed by atoms with Crippen LogP contribution in [0.1, 0.15) is 6.92 Å². The Morgan fingerprint density at radius 1 is 1.56 bits per heavy atom. The number of rotatable bonds is 2. The minimum atomic E-state index is -0.592. The van der Waals surface area contributed by atoms with E-state index < -0.39 is 11.8 Å². The Kier molecular flexibility index (Phi) is 3.26. The SMILES string of the molecule is CC(=O)ON1ON(c2ccc(F)c(Cl)c2)C=C1N. The largest absolute Gasteiger partial charge is 0.379 e. The maximum atomic E-state index is 13.0. The Balaban J connectivity index is 2.17. The second-order valence-electron chi connectivity index (χ2n) is 3.40. The molecule has 1 aromatic carbocycles. The fourth-order valence-electron chi connectivity index (χ4n) is 1.25. The zero-order valence-electron chi connectivity index (χ0n) is 9.26. The fourth-order valence-corrected chi connectivity index (χ4v) is 1.42. The first-order chi connectivity index (χ1) is 8.47. The van der Waals surface area contributed by atoms with E-state index in [1.807, 2.05) is 0 Å². The summed E-state index contributed by atoms with van der Waals surface area (Å²) in [6, 6.07) is 3.96. The number of hydroxylamine groups is 3. The third-order valence-electron chi connectivity index (χ3n) is 1.99. The van der Waals surface area contributed by atoms with Crippen molar-refractivity contribution < 1.29 is 19.0 Å². The Bertz CT molecular complexity index is 523. The first kappa shape index (κ1) is 12.5. The summed E-state index contributed by atoms with van der Waals surface area (Å²) in [7, 11) is 0. The molecule has 0 saturated carbocycles. The van der Waals surface area contributed by atoms with Crippen LogP contribution in [0, 0.1) is 5.82 Å². The van der Waals surface area contributed by atoms with Gasteiger partial charge in [-0.3, -0.25) is 0 Å². The summed E-state index contributed by atoms with van der Waals surface area (Å²) in [6.45, 7) is 1.20. The van der Waals surface area contributed by atoms with Crippen LogP contribution in [0.2, 0.25) is 5.02 Å². The molecule has 0 bridgehead atoms. The molecule has 0 atom stereocenters. The van der Waals surface area contributed by atoms with Gasteiger partial charge in [-0.15, -0.1) is 4.94 Å². The van der Waals surface area contributed by atoms with Crippen LogP contribution in [0.15, 0.2) is 30.2 Å². The van der Waals surface area contributed by atoms with Crippen molar-refractivity contribution in [1.29, 1.82) is 0 Å². The quantitative estimate of drug-likeness (QED) is 0.884. The number of hydrogen-bond acceptors (Lipinski definition) is 6. The molecule has 2 N–H and O–H groups in total. The number of carbonyl (C=O) groups is 1. The Morgan fingerprint density at radius 3 is 2.89 bits per heavy atom. The van der Waals surface area contributed by atoms with Crippen molar-refractivity contribution in [1.82, 2.24) is 5.23 Å². The van der Waals surface area contributed by atoms with Crippen molar-refractivity contribution in [2.24, 2.45) is 5.73 Å². The van der Waals surface area contributed by atoms with Gasteiger partial charge in [0.15, 0.2) is 5.82 Å². The molecule has 18 heavy (non-hydrogen) atoms. The van der Waals surface area contributed by atoms with E-state index in [0.29, 0.717) is 5.69 Å². The minimum Gasteiger partial charge on any atom is -0.379 e. The molecule has 8 heteroatoms.